The van der Waals surface area contributed by atoms with E-state index in [9.17, 15) is 14.0 Å². The summed E-state index contributed by atoms with van der Waals surface area (Å²) in [5, 5.41) is 3.54. The van der Waals surface area contributed by atoms with Crippen molar-refractivity contribution in [3.63, 3.8) is 0 Å². The summed E-state index contributed by atoms with van der Waals surface area (Å²) >= 11 is 0. The molecule has 0 atom stereocenters. The third-order valence-electron chi connectivity index (χ3n) is 4.70. The minimum atomic E-state index is -0.413. The van der Waals surface area contributed by atoms with Gasteiger partial charge in [-0.25, -0.2) is 9.18 Å². The molecule has 1 aliphatic heterocycles. The Bertz CT molecular complexity index is 1080. The number of carbonyl (C=O) groups is 2. The number of likely N-dealkylation sites (N-methyl/N-ethyl adjacent to an activating group) is 1. The number of nitrogens with one attached hydrogen (secondary N) is 1. The normalized spacial score (nSPS) is 15.8. The van der Waals surface area contributed by atoms with Crippen LogP contribution in [-0.2, 0) is 11.3 Å². The van der Waals surface area contributed by atoms with Crippen molar-refractivity contribution < 1.29 is 14.0 Å². The second-order valence-corrected chi connectivity index (χ2v) is 6.36. The molecule has 2 heterocycles. The van der Waals surface area contributed by atoms with E-state index < -0.39 is 6.03 Å². The zero-order chi connectivity index (χ0) is 19.0. The summed E-state index contributed by atoms with van der Waals surface area (Å²) in [6, 6.07) is 14.0. The number of halogens is 1. The van der Waals surface area contributed by atoms with Gasteiger partial charge in [0.2, 0.25) is 0 Å². The predicted molar refractivity (Wildman–Crippen MR) is 101 cm³/mol. The van der Waals surface area contributed by atoms with Crippen molar-refractivity contribution in [1.82, 2.24) is 14.8 Å². The van der Waals surface area contributed by atoms with Crippen LogP contribution in [-0.4, -0.2) is 28.0 Å². The number of benzene rings is 2. The number of amides is 3. The smallest absolute Gasteiger partial charge is 0.328 e. The Morgan fingerprint density at radius 1 is 1.07 bits per heavy atom. The van der Waals surface area contributed by atoms with Gasteiger partial charge in [0.15, 0.2) is 0 Å². The van der Waals surface area contributed by atoms with Crippen molar-refractivity contribution in [1.29, 1.82) is 0 Å². The molecule has 1 aliphatic rings. The lowest BCUT2D eigenvalue weighted by atomic mass is 10.1. The molecule has 1 saturated heterocycles. The lowest BCUT2D eigenvalue weighted by molar-refractivity contribution is -0.122. The van der Waals surface area contributed by atoms with Crippen LogP contribution >= 0.6 is 0 Å². The van der Waals surface area contributed by atoms with Crippen LogP contribution in [0.2, 0.25) is 0 Å². The van der Waals surface area contributed by atoms with Gasteiger partial charge in [0, 0.05) is 34.8 Å². The van der Waals surface area contributed by atoms with Gasteiger partial charge in [-0.2, -0.15) is 0 Å². The first-order chi connectivity index (χ1) is 13.1. The number of hydrogen-bond acceptors (Lipinski definition) is 2. The second kappa shape index (κ2) is 6.72. The topological polar surface area (TPSA) is 54.3 Å². The first-order valence-corrected chi connectivity index (χ1v) is 8.74. The number of fused-ring (bicyclic) bond motifs is 1. The lowest BCUT2D eigenvalue weighted by Crippen LogP contribution is -2.30. The fourth-order valence-electron chi connectivity index (χ4n) is 3.35. The van der Waals surface area contributed by atoms with E-state index in [4.69, 9.17) is 0 Å². The fraction of sp³-hybridized carbons (Fsp3) is 0.143. The van der Waals surface area contributed by atoms with E-state index >= 15 is 0 Å². The van der Waals surface area contributed by atoms with Gasteiger partial charge >= 0.3 is 6.03 Å². The average molecular weight is 363 g/mol. The van der Waals surface area contributed by atoms with Crippen LogP contribution in [0.4, 0.5) is 9.18 Å². The van der Waals surface area contributed by atoms with Crippen LogP contribution in [0, 0.1) is 5.82 Å². The summed E-state index contributed by atoms with van der Waals surface area (Å²) < 4.78 is 16.0. The quantitative estimate of drug-likeness (QED) is 0.567. The number of urea groups is 1. The molecule has 27 heavy (non-hydrogen) atoms. The highest BCUT2D eigenvalue weighted by atomic mass is 19.1. The Morgan fingerprint density at radius 2 is 1.81 bits per heavy atom. The highest BCUT2D eigenvalue weighted by Gasteiger charge is 2.32. The summed E-state index contributed by atoms with van der Waals surface area (Å²) in [6.45, 7) is 2.44. The van der Waals surface area contributed by atoms with Gasteiger partial charge in [-0.3, -0.25) is 9.69 Å². The van der Waals surface area contributed by atoms with Crippen LogP contribution in [0.25, 0.3) is 17.0 Å². The largest absolute Gasteiger partial charge is 0.342 e. The number of para-hydroxylation sites is 1. The van der Waals surface area contributed by atoms with Gasteiger partial charge < -0.3 is 9.88 Å². The number of rotatable bonds is 4. The number of aromatic nitrogens is 1. The Labute approximate surface area is 155 Å². The van der Waals surface area contributed by atoms with Crippen LogP contribution in [0.3, 0.4) is 0 Å². The van der Waals surface area contributed by atoms with Crippen molar-refractivity contribution in [2.45, 2.75) is 13.5 Å². The summed E-state index contributed by atoms with van der Waals surface area (Å²) in [4.78, 5) is 25.4. The molecule has 2 aromatic carbocycles. The molecule has 1 N–H and O–H groups in total. The van der Waals surface area contributed by atoms with Gasteiger partial charge in [-0.05, 0) is 25.1 Å². The van der Waals surface area contributed by atoms with Gasteiger partial charge in [0.25, 0.3) is 5.91 Å². The van der Waals surface area contributed by atoms with Gasteiger partial charge in [0.1, 0.15) is 11.5 Å². The summed E-state index contributed by atoms with van der Waals surface area (Å²) in [7, 11) is 0. The Kier molecular flexibility index (Phi) is 4.24. The van der Waals surface area contributed by atoms with E-state index in [1.165, 1.54) is 6.07 Å². The number of imide groups is 1. The first kappa shape index (κ1) is 17.0. The van der Waals surface area contributed by atoms with Crippen LogP contribution in [0.1, 0.15) is 18.1 Å². The van der Waals surface area contributed by atoms with E-state index in [0.29, 0.717) is 18.7 Å². The van der Waals surface area contributed by atoms with E-state index in [1.807, 2.05) is 35.0 Å². The summed E-state index contributed by atoms with van der Waals surface area (Å²) in [5.74, 6) is -0.597. The van der Waals surface area contributed by atoms with E-state index in [1.54, 1.807) is 31.2 Å². The monoisotopic (exact) mass is 363 g/mol. The molecule has 5 nitrogen and oxygen atoms in total. The molecule has 3 amide bonds. The van der Waals surface area contributed by atoms with E-state index in [0.717, 1.165) is 21.4 Å². The standard InChI is InChI=1S/C21H18FN3O2/c1-2-25-20(26)18(23-21(25)27)11-15-13-24(19-10-6-4-8-16(15)19)12-14-7-3-5-9-17(14)22/h3-11,13H,2,12H2,1H3,(H,23,27). The maximum atomic E-state index is 14.1. The molecule has 1 aromatic heterocycles. The molecule has 6 heteroatoms. The predicted octanol–water partition coefficient (Wildman–Crippen LogP) is 3.74. The summed E-state index contributed by atoms with van der Waals surface area (Å²) in [5.41, 5.74) is 2.55. The van der Waals surface area contributed by atoms with Crippen LogP contribution in [0.15, 0.2) is 60.4 Å². The molecule has 0 radical (unpaired) electrons. The third kappa shape index (κ3) is 2.99. The molecule has 0 spiro atoms. The number of carbonyl (C=O) groups excluding carboxylic acids is 2. The van der Waals surface area contributed by atoms with Crippen molar-refractivity contribution in [3.8, 4) is 0 Å². The molecule has 0 bridgehead atoms. The van der Waals surface area contributed by atoms with Crippen molar-refractivity contribution in [2.24, 2.45) is 0 Å². The number of nitrogens with zero attached hydrogens (tertiary/aromatic N) is 2. The van der Waals surface area contributed by atoms with E-state index in [2.05, 4.69) is 5.32 Å². The highest BCUT2D eigenvalue weighted by Crippen LogP contribution is 2.26. The van der Waals surface area contributed by atoms with E-state index in [-0.39, 0.29) is 17.4 Å². The summed E-state index contributed by atoms with van der Waals surface area (Å²) in [6.07, 6.45) is 3.55. The average Bonchev–Trinajstić information content (AvgIpc) is 3.14. The van der Waals surface area contributed by atoms with Crippen LogP contribution in [0.5, 0.6) is 0 Å². The maximum absolute atomic E-state index is 14.1. The van der Waals surface area contributed by atoms with Crippen molar-refractivity contribution in [3.05, 3.63) is 77.4 Å². The SMILES string of the molecule is CCN1C(=O)NC(=Cc2cn(Cc3ccccc3F)c3ccccc23)C1=O. The Hall–Kier alpha value is -3.41. The molecular formula is C21H18FN3O2. The molecular weight excluding hydrogens is 345 g/mol. The van der Waals surface area contributed by atoms with Crippen molar-refractivity contribution >= 4 is 28.9 Å². The molecule has 0 aliphatic carbocycles. The molecule has 0 unspecified atom stereocenters. The zero-order valence-electron chi connectivity index (χ0n) is 14.8. The third-order valence-corrected chi connectivity index (χ3v) is 4.70. The molecule has 4 rings (SSSR count). The fourth-order valence-corrected chi connectivity index (χ4v) is 3.35. The second-order valence-electron chi connectivity index (χ2n) is 6.36. The lowest BCUT2D eigenvalue weighted by Gasteiger charge is -2.06. The minimum absolute atomic E-state index is 0.246. The highest BCUT2D eigenvalue weighted by molar-refractivity contribution is 6.14. The first-order valence-electron chi connectivity index (χ1n) is 8.74. The van der Waals surface area contributed by atoms with Crippen molar-refractivity contribution in [2.75, 3.05) is 6.54 Å². The Balaban J connectivity index is 1.77. The molecule has 0 saturated carbocycles. The maximum Gasteiger partial charge on any atom is 0.328 e. The van der Waals surface area contributed by atoms with Gasteiger partial charge in [-0.15, -0.1) is 0 Å². The molecule has 1 fully saturated rings. The molecule has 3 aromatic rings. The van der Waals surface area contributed by atoms with Gasteiger partial charge in [-0.1, -0.05) is 36.4 Å². The molecule has 136 valence electrons. The van der Waals surface area contributed by atoms with Crippen LogP contribution < -0.4 is 5.32 Å². The zero-order valence-corrected chi connectivity index (χ0v) is 14.8. The van der Waals surface area contributed by atoms with Gasteiger partial charge in [0.05, 0.1) is 6.54 Å². The minimum Gasteiger partial charge on any atom is -0.342 e. The Morgan fingerprint density at radius 3 is 2.56 bits per heavy atom. The number of hydrogen-bond donors (Lipinski definition) is 1.